The van der Waals surface area contributed by atoms with E-state index in [1.165, 1.54) is 0 Å². The van der Waals surface area contributed by atoms with Gasteiger partial charge >= 0.3 is 0 Å². The van der Waals surface area contributed by atoms with Gasteiger partial charge in [0.15, 0.2) is 11.5 Å². The fraction of sp³-hybridized carbons (Fsp3) is 0.174. The van der Waals surface area contributed by atoms with Gasteiger partial charge in [-0.05, 0) is 41.8 Å². The highest BCUT2D eigenvalue weighted by atomic mass is 16.5. The summed E-state index contributed by atoms with van der Waals surface area (Å²) >= 11 is 0. The van der Waals surface area contributed by atoms with Crippen molar-refractivity contribution in [2.45, 2.75) is 12.5 Å². The van der Waals surface area contributed by atoms with Crippen molar-refractivity contribution in [3.63, 3.8) is 0 Å². The van der Waals surface area contributed by atoms with E-state index in [1.54, 1.807) is 14.2 Å². The molecule has 0 unspecified atom stereocenters. The minimum atomic E-state index is -0.195. The number of nitrogens with one attached hydrogen (secondary N) is 1. The molecular formula is C23H23NO3. The standard InChI is InChI=1S/C23H23NO3/c1-26-21-14-13-19(16-22(21)27-2)20(15-17-9-5-3-6-10-17)24-23(25)18-11-7-4-8-12-18/h3-14,16,20H,15H2,1-2H3,(H,24,25)/t20-/m1/s1. The largest absolute Gasteiger partial charge is 0.493 e. The molecule has 0 bridgehead atoms. The van der Waals surface area contributed by atoms with E-state index < -0.39 is 0 Å². The Labute approximate surface area is 159 Å². The van der Waals surface area contributed by atoms with Crippen molar-refractivity contribution in [1.29, 1.82) is 0 Å². The van der Waals surface area contributed by atoms with Crippen LogP contribution in [0.1, 0.15) is 27.5 Å². The van der Waals surface area contributed by atoms with Crippen LogP contribution in [-0.4, -0.2) is 20.1 Å². The number of carbonyl (C=O) groups excluding carboxylic acids is 1. The predicted octanol–water partition coefficient (Wildman–Crippen LogP) is 4.42. The third kappa shape index (κ3) is 4.67. The van der Waals surface area contributed by atoms with Crippen molar-refractivity contribution in [2.75, 3.05) is 14.2 Å². The highest BCUT2D eigenvalue weighted by molar-refractivity contribution is 5.94. The van der Waals surface area contributed by atoms with Gasteiger partial charge in [0.1, 0.15) is 0 Å². The van der Waals surface area contributed by atoms with Crippen LogP contribution in [0.2, 0.25) is 0 Å². The first-order valence-corrected chi connectivity index (χ1v) is 8.83. The summed E-state index contributed by atoms with van der Waals surface area (Å²) in [6.07, 6.45) is 0.675. The second-order valence-electron chi connectivity index (χ2n) is 6.20. The number of hydrogen-bond acceptors (Lipinski definition) is 3. The number of methoxy groups -OCH3 is 2. The maximum absolute atomic E-state index is 12.7. The minimum Gasteiger partial charge on any atom is -0.493 e. The first-order chi connectivity index (χ1) is 13.2. The van der Waals surface area contributed by atoms with Crippen LogP contribution in [0.5, 0.6) is 11.5 Å². The van der Waals surface area contributed by atoms with E-state index in [9.17, 15) is 4.79 Å². The average molecular weight is 361 g/mol. The maximum atomic E-state index is 12.7. The monoisotopic (exact) mass is 361 g/mol. The van der Waals surface area contributed by atoms with Crippen molar-refractivity contribution in [2.24, 2.45) is 0 Å². The number of amides is 1. The molecule has 0 spiro atoms. The highest BCUT2D eigenvalue weighted by Gasteiger charge is 2.18. The Balaban J connectivity index is 1.91. The number of ether oxygens (including phenoxy) is 2. The van der Waals surface area contributed by atoms with E-state index in [0.29, 0.717) is 23.5 Å². The summed E-state index contributed by atoms with van der Waals surface area (Å²) < 4.78 is 10.8. The average Bonchev–Trinajstić information content (AvgIpc) is 2.74. The van der Waals surface area contributed by atoms with Gasteiger partial charge in [-0.1, -0.05) is 54.6 Å². The van der Waals surface area contributed by atoms with Crippen LogP contribution in [-0.2, 0) is 6.42 Å². The Hall–Kier alpha value is -3.27. The van der Waals surface area contributed by atoms with Gasteiger partial charge in [-0.2, -0.15) is 0 Å². The van der Waals surface area contributed by atoms with Crippen LogP contribution in [0, 0.1) is 0 Å². The normalized spacial score (nSPS) is 11.5. The Morgan fingerprint density at radius 2 is 1.48 bits per heavy atom. The molecule has 0 aliphatic heterocycles. The van der Waals surface area contributed by atoms with Crippen molar-refractivity contribution in [1.82, 2.24) is 5.32 Å². The van der Waals surface area contributed by atoms with Gasteiger partial charge in [0.25, 0.3) is 5.91 Å². The summed E-state index contributed by atoms with van der Waals surface area (Å²) in [4.78, 5) is 12.7. The molecular weight excluding hydrogens is 338 g/mol. The Morgan fingerprint density at radius 1 is 0.852 bits per heavy atom. The molecule has 0 saturated heterocycles. The molecule has 1 amide bonds. The third-order valence-corrected chi connectivity index (χ3v) is 4.43. The molecule has 3 aromatic rings. The zero-order chi connectivity index (χ0) is 19.1. The van der Waals surface area contributed by atoms with Gasteiger partial charge < -0.3 is 14.8 Å². The third-order valence-electron chi connectivity index (χ3n) is 4.43. The van der Waals surface area contributed by atoms with Crippen LogP contribution in [0.3, 0.4) is 0 Å². The lowest BCUT2D eigenvalue weighted by Gasteiger charge is -2.21. The molecule has 0 fully saturated rings. The molecule has 0 aliphatic rings. The van der Waals surface area contributed by atoms with Gasteiger partial charge in [-0.15, -0.1) is 0 Å². The van der Waals surface area contributed by atoms with Gasteiger partial charge in [0, 0.05) is 5.56 Å². The number of rotatable bonds is 7. The van der Waals surface area contributed by atoms with Gasteiger partial charge in [-0.25, -0.2) is 0 Å². The van der Waals surface area contributed by atoms with E-state index in [1.807, 2.05) is 66.7 Å². The van der Waals surface area contributed by atoms with Crippen LogP contribution in [0.25, 0.3) is 0 Å². The second-order valence-corrected chi connectivity index (χ2v) is 6.20. The molecule has 138 valence electrons. The zero-order valence-electron chi connectivity index (χ0n) is 15.5. The van der Waals surface area contributed by atoms with Crippen LogP contribution in [0.15, 0.2) is 78.9 Å². The molecule has 0 heterocycles. The molecule has 4 nitrogen and oxygen atoms in total. The Morgan fingerprint density at radius 3 is 2.11 bits per heavy atom. The maximum Gasteiger partial charge on any atom is 0.251 e. The predicted molar refractivity (Wildman–Crippen MR) is 106 cm³/mol. The summed E-state index contributed by atoms with van der Waals surface area (Å²) in [5.41, 5.74) is 2.74. The van der Waals surface area contributed by atoms with E-state index >= 15 is 0 Å². The lowest BCUT2D eigenvalue weighted by Crippen LogP contribution is -2.30. The van der Waals surface area contributed by atoms with Crippen LogP contribution < -0.4 is 14.8 Å². The Kier molecular flexibility index (Phi) is 6.10. The molecule has 3 aromatic carbocycles. The fourth-order valence-electron chi connectivity index (χ4n) is 3.00. The van der Waals surface area contributed by atoms with E-state index in [0.717, 1.165) is 11.1 Å². The molecule has 27 heavy (non-hydrogen) atoms. The van der Waals surface area contributed by atoms with E-state index in [4.69, 9.17) is 9.47 Å². The molecule has 1 N–H and O–H groups in total. The van der Waals surface area contributed by atoms with Crippen molar-refractivity contribution in [3.05, 3.63) is 95.6 Å². The quantitative estimate of drug-likeness (QED) is 0.678. The lowest BCUT2D eigenvalue weighted by molar-refractivity contribution is 0.0936. The fourth-order valence-corrected chi connectivity index (χ4v) is 3.00. The summed E-state index contributed by atoms with van der Waals surface area (Å²) in [5.74, 6) is 1.20. The lowest BCUT2D eigenvalue weighted by atomic mass is 9.98. The number of hydrogen-bond donors (Lipinski definition) is 1. The van der Waals surface area contributed by atoms with Crippen LogP contribution >= 0.6 is 0 Å². The first-order valence-electron chi connectivity index (χ1n) is 8.83. The topological polar surface area (TPSA) is 47.6 Å². The first kappa shape index (κ1) is 18.5. The van der Waals surface area contributed by atoms with Crippen molar-refractivity contribution in [3.8, 4) is 11.5 Å². The van der Waals surface area contributed by atoms with Crippen molar-refractivity contribution >= 4 is 5.91 Å². The van der Waals surface area contributed by atoms with Gasteiger partial charge in [0.2, 0.25) is 0 Å². The summed E-state index contributed by atoms with van der Waals surface area (Å²) in [5, 5.41) is 3.15. The summed E-state index contributed by atoms with van der Waals surface area (Å²) in [6, 6.07) is 24.9. The highest BCUT2D eigenvalue weighted by Crippen LogP contribution is 2.31. The minimum absolute atomic E-state index is 0.105. The molecule has 0 radical (unpaired) electrons. The molecule has 0 aliphatic carbocycles. The smallest absolute Gasteiger partial charge is 0.251 e. The van der Waals surface area contributed by atoms with E-state index in [2.05, 4.69) is 17.4 Å². The van der Waals surface area contributed by atoms with E-state index in [-0.39, 0.29) is 11.9 Å². The second kappa shape index (κ2) is 8.90. The van der Waals surface area contributed by atoms with Gasteiger partial charge in [-0.3, -0.25) is 4.79 Å². The zero-order valence-corrected chi connectivity index (χ0v) is 15.5. The molecule has 0 saturated carbocycles. The number of benzene rings is 3. The molecule has 1 atom stereocenters. The van der Waals surface area contributed by atoms with Gasteiger partial charge in [0.05, 0.1) is 20.3 Å². The molecule has 0 aromatic heterocycles. The molecule has 4 heteroatoms. The summed E-state index contributed by atoms with van der Waals surface area (Å²) in [6.45, 7) is 0. The molecule has 3 rings (SSSR count). The van der Waals surface area contributed by atoms with Crippen LogP contribution in [0.4, 0.5) is 0 Å². The SMILES string of the molecule is COc1ccc([C@@H](Cc2ccccc2)NC(=O)c2ccccc2)cc1OC. The Bertz CT molecular complexity index is 879. The number of carbonyl (C=O) groups is 1. The summed E-state index contributed by atoms with van der Waals surface area (Å²) in [7, 11) is 3.21. The van der Waals surface area contributed by atoms with Crippen molar-refractivity contribution < 1.29 is 14.3 Å².